The summed E-state index contributed by atoms with van der Waals surface area (Å²) in [5.41, 5.74) is 0.615. The quantitative estimate of drug-likeness (QED) is 0.658. The standard InChI is InChI=1S/C24H38O3/c1-15(4-9-22(26)27)19-7-8-20-18-6-5-16-14-17(25)10-12-23(16,2)21(18)11-13-24(19,20)3/h11,13,15-21,25H,4-10,12,14H2,1-3H3,(H,26,27)/t15-,16+,17-,18+,19+,20-,21-,23+,24-/m1/s1. The average molecular weight is 375 g/mol. The molecule has 27 heavy (non-hydrogen) atoms. The molecule has 3 heteroatoms. The van der Waals surface area contributed by atoms with Crippen molar-refractivity contribution in [1.29, 1.82) is 0 Å². The second kappa shape index (κ2) is 6.90. The predicted molar refractivity (Wildman–Crippen MR) is 107 cm³/mol. The lowest BCUT2D eigenvalue weighted by Crippen LogP contribution is -2.52. The summed E-state index contributed by atoms with van der Waals surface area (Å²) in [6.07, 6.45) is 14.5. The summed E-state index contributed by atoms with van der Waals surface area (Å²) in [7, 11) is 0. The first kappa shape index (κ1) is 19.5. The van der Waals surface area contributed by atoms with Gasteiger partial charge in [0, 0.05) is 6.42 Å². The van der Waals surface area contributed by atoms with Crippen molar-refractivity contribution >= 4 is 5.97 Å². The van der Waals surface area contributed by atoms with E-state index in [1.54, 1.807) is 0 Å². The van der Waals surface area contributed by atoms with Crippen LogP contribution in [-0.4, -0.2) is 22.3 Å². The van der Waals surface area contributed by atoms with Crippen molar-refractivity contribution in [3.63, 3.8) is 0 Å². The molecule has 0 radical (unpaired) electrons. The highest BCUT2D eigenvalue weighted by molar-refractivity contribution is 5.66. The van der Waals surface area contributed by atoms with Gasteiger partial charge in [-0.15, -0.1) is 0 Å². The van der Waals surface area contributed by atoms with Crippen LogP contribution in [-0.2, 0) is 4.79 Å². The van der Waals surface area contributed by atoms with Crippen molar-refractivity contribution < 1.29 is 15.0 Å². The number of aliphatic hydroxyl groups excluding tert-OH is 1. The van der Waals surface area contributed by atoms with Crippen LogP contribution < -0.4 is 0 Å². The second-order valence-electron chi connectivity index (χ2n) is 10.8. The Morgan fingerprint density at radius 3 is 2.70 bits per heavy atom. The van der Waals surface area contributed by atoms with Crippen molar-refractivity contribution in [2.75, 3.05) is 0 Å². The lowest BCUT2D eigenvalue weighted by atomic mass is 9.46. The number of rotatable bonds is 4. The molecule has 0 spiro atoms. The monoisotopic (exact) mass is 374 g/mol. The van der Waals surface area contributed by atoms with E-state index in [1.807, 2.05) is 0 Å². The largest absolute Gasteiger partial charge is 0.481 e. The zero-order chi connectivity index (χ0) is 19.4. The third-order valence-electron chi connectivity index (χ3n) is 9.64. The van der Waals surface area contributed by atoms with E-state index in [9.17, 15) is 9.90 Å². The van der Waals surface area contributed by atoms with Gasteiger partial charge in [0.2, 0.25) is 0 Å². The molecule has 0 aromatic heterocycles. The Balaban J connectivity index is 1.56. The molecule has 3 nitrogen and oxygen atoms in total. The molecule has 0 heterocycles. The van der Waals surface area contributed by atoms with E-state index >= 15 is 0 Å². The first-order chi connectivity index (χ1) is 12.8. The molecule has 0 aromatic carbocycles. The fourth-order valence-electron chi connectivity index (χ4n) is 8.10. The maximum Gasteiger partial charge on any atom is 0.303 e. The van der Waals surface area contributed by atoms with Crippen molar-refractivity contribution in [2.24, 2.45) is 46.3 Å². The number of carboxylic acids is 1. The molecule has 3 saturated carbocycles. The normalized spacial score (nSPS) is 49.8. The van der Waals surface area contributed by atoms with E-state index in [4.69, 9.17) is 5.11 Å². The van der Waals surface area contributed by atoms with Gasteiger partial charge in [-0.25, -0.2) is 0 Å². The summed E-state index contributed by atoms with van der Waals surface area (Å²) in [6.45, 7) is 7.26. The number of carboxylic acid groups (broad SMARTS) is 1. The minimum Gasteiger partial charge on any atom is -0.481 e. The number of allylic oxidation sites excluding steroid dienone is 2. The molecule has 9 atom stereocenters. The molecule has 3 fully saturated rings. The Hall–Kier alpha value is -0.830. The highest BCUT2D eigenvalue weighted by atomic mass is 16.4. The van der Waals surface area contributed by atoms with Gasteiger partial charge in [0.1, 0.15) is 0 Å². The van der Waals surface area contributed by atoms with Crippen LogP contribution in [0.5, 0.6) is 0 Å². The Labute approximate surface area is 164 Å². The minimum atomic E-state index is -0.661. The van der Waals surface area contributed by atoms with E-state index < -0.39 is 5.97 Å². The first-order valence-corrected chi connectivity index (χ1v) is 11.3. The van der Waals surface area contributed by atoms with Crippen LogP contribution in [0.2, 0.25) is 0 Å². The number of hydrogen-bond acceptors (Lipinski definition) is 2. The molecule has 4 aliphatic rings. The summed E-state index contributed by atoms with van der Waals surface area (Å²) < 4.78 is 0. The van der Waals surface area contributed by atoms with Gasteiger partial charge in [-0.2, -0.15) is 0 Å². The van der Waals surface area contributed by atoms with E-state index in [-0.39, 0.29) is 11.5 Å². The minimum absolute atomic E-state index is 0.0802. The molecular formula is C24H38O3. The number of hydrogen-bond donors (Lipinski definition) is 2. The second-order valence-corrected chi connectivity index (χ2v) is 10.8. The van der Waals surface area contributed by atoms with Crippen LogP contribution in [0.3, 0.4) is 0 Å². The molecule has 0 bridgehead atoms. The van der Waals surface area contributed by atoms with Crippen molar-refractivity contribution in [1.82, 2.24) is 0 Å². The number of carbonyl (C=O) groups is 1. The Kier molecular flexibility index (Phi) is 4.98. The van der Waals surface area contributed by atoms with Gasteiger partial charge in [-0.1, -0.05) is 32.9 Å². The third-order valence-corrected chi connectivity index (χ3v) is 9.64. The Morgan fingerprint density at radius 2 is 1.96 bits per heavy atom. The maximum atomic E-state index is 11.0. The smallest absolute Gasteiger partial charge is 0.303 e. The number of fused-ring (bicyclic) bond motifs is 5. The summed E-state index contributed by atoms with van der Waals surface area (Å²) in [5.74, 6) is 3.35. The van der Waals surface area contributed by atoms with Gasteiger partial charge >= 0.3 is 5.97 Å². The predicted octanol–water partition coefficient (Wildman–Crippen LogP) is 5.28. The maximum absolute atomic E-state index is 11.0. The Bertz CT molecular complexity index is 613. The molecule has 0 saturated heterocycles. The lowest BCUT2D eigenvalue weighted by molar-refractivity contribution is -0.137. The van der Waals surface area contributed by atoms with Crippen molar-refractivity contribution in [2.45, 2.75) is 84.7 Å². The van der Waals surface area contributed by atoms with Crippen molar-refractivity contribution in [3.8, 4) is 0 Å². The summed E-state index contributed by atoms with van der Waals surface area (Å²) in [6, 6.07) is 0. The molecule has 0 unspecified atom stereocenters. The molecule has 4 rings (SSSR count). The van der Waals surface area contributed by atoms with Crippen LogP contribution in [0.15, 0.2) is 12.2 Å². The zero-order valence-electron chi connectivity index (χ0n) is 17.4. The van der Waals surface area contributed by atoms with E-state index in [2.05, 4.69) is 32.9 Å². The lowest BCUT2D eigenvalue weighted by Gasteiger charge is -2.58. The Morgan fingerprint density at radius 1 is 1.19 bits per heavy atom. The number of aliphatic hydroxyl groups is 1. The van der Waals surface area contributed by atoms with Crippen LogP contribution in [0.25, 0.3) is 0 Å². The van der Waals surface area contributed by atoms with Gasteiger partial charge in [0.05, 0.1) is 6.10 Å². The van der Waals surface area contributed by atoms with Gasteiger partial charge < -0.3 is 10.2 Å². The molecule has 4 aliphatic carbocycles. The molecule has 152 valence electrons. The molecule has 0 aliphatic heterocycles. The van der Waals surface area contributed by atoms with E-state index in [1.165, 1.54) is 32.1 Å². The van der Waals surface area contributed by atoms with Crippen molar-refractivity contribution in [3.05, 3.63) is 12.2 Å². The van der Waals surface area contributed by atoms with Crippen LogP contribution in [0, 0.1) is 46.3 Å². The molecular weight excluding hydrogens is 336 g/mol. The van der Waals surface area contributed by atoms with E-state index in [0.717, 1.165) is 31.1 Å². The average Bonchev–Trinajstić information content (AvgIpc) is 2.97. The van der Waals surface area contributed by atoms with Gasteiger partial charge in [-0.3, -0.25) is 4.79 Å². The summed E-state index contributed by atoms with van der Waals surface area (Å²) in [4.78, 5) is 11.0. The zero-order valence-corrected chi connectivity index (χ0v) is 17.4. The van der Waals surface area contributed by atoms with Gasteiger partial charge in [0.25, 0.3) is 0 Å². The van der Waals surface area contributed by atoms with Crippen LogP contribution in [0.4, 0.5) is 0 Å². The SMILES string of the molecule is C[C@H](CCC(=O)O)[C@@H]1CC[C@@H]2[C@@H]3CC[C@H]4C[C@H](O)CC[C@]4(C)[C@@H]3C=C[C@@]21C. The topological polar surface area (TPSA) is 57.5 Å². The van der Waals surface area contributed by atoms with Crippen LogP contribution >= 0.6 is 0 Å². The fraction of sp³-hybridized carbons (Fsp3) is 0.875. The third kappa shape index (κ3) is 3.09. The number of aliphatic carboxylic acids is 1. The highest BCUT2D eigenvalue weighted by Crippen LogP contribution is 2.66. The molecule has 0 amide bonds. The van der Waals surface area contributed by atoms with Gasteiger partial charge in [0.15, 0.2) is 0 Å². The van der Waals surface area contributed by atoms with Crippen LogP contribution in [0.1, 0.15) is 78.6 Å². The first-order valence-electron chi connectivity index (χ1n) is 11.3. The molecule has 2 N–H and O–H groups in total. The summed E-state index contributed by atoms with van der Waals surface area (Å²) in [5, 5.41) is 19.3. The van der Waals surface area contributed by atoms with E-state index in [0.29, 0.717) is 35.5 Å². The highest BCUT2D eigenvalue weighted by Gasteiger charge is 2.58. The molecule has 0 aromatic rings. The summed E-state index contributed by atoms with van der Waals surface area (Å²) >= 11 is 0. The van der Waals surface area contributed by atoms with Gasteiger partial charge in [-0.05, 0) is 97.7 Å². The fourth-order valence-corrected chi connectivity index (χ4v) is 8.10.